The molecule has 30 heavy (non-hydrogen) atoms. The molecule has 0 bridgehead atoms. The molecular weight excluding hydrogens is 379 g/mol. The first kappa shape index (κ1) is 18.4. The second-order valence-corrected chi connectivity index (χ2v) is 7.62. The molecule has 0 N–H and O–H groups in total. The minimum atomic E-state index is -0.718. The number of ether oxygens (including phenoxy) is 1. The third kappa shape index (κ3) is 3.31. The van der Waals surface area contributed by atoms with Crippen LogP contribution in [-0.2, 0) is 16.8 Å². The minimum Gasteiger partial charge on any atom is -0.436 e. The normalized spacial score (nSPS) is 19.8. The number of pyridine rings is 1. The van der Waals surface area contributed by atoms with Gasteiger partial charge in [-0.25, -0.2) is 9.18 Å². The molecule has 3 aromatic rings. The highest BCUT2D eigenvalue weighted by molar-refractivity contribution is 5.90. The number of carbonyl (C=O) groups excluding carboxylic acids is 1. The van der Waals surface area contributed by atoms with Gasteiger partial charge in [0.15, 0.2) is 5.60 Å². The van der Waals surface area contributed by atoms with Crippen molar-refractivity contribution in [3.05, 3.63) is 95.1 Å². The number of nitrogens with zero attached hydrogens (tertiary/aromatic N) is 2. The van der Waals surface area contributed by atoms with E-state index in [1.165, 1.54) is 12.1 Å². The zero-order chi connectivity index (χ0) is 20.6. The summed E-state index contributed by atoms with van der Waals surface area (Å²) in [6, 6.07) is 17.7. The lowest BCUT2D eigenvalue weighted by molar-refractivity contribution is 0.0389. The van der Waals surface area contributed by atoms with Crippen LogP contribution in [0.5, 0.6) is 0 Å². The van der Waals surface area contributed by atoms with Crippen LogP contribution in [0.4, 0.5) is 14.9 Å². The zero-order valence-electron chi connectivity index (χ0n) is 16.3. The Morgan fingerprint density at radius 1 is 1.03 bits per heavy atom. The summed E-state index contributed by atoms with van der Waals surface area (Å²) in [5, 5.41) is 0. The van der Waals surface area contributed by atoms with Gasteiger partial charge in [0.1, 0.15) is 5.82 Å². The fourth-order valence-electron chi connectivity index (χ4n) is 4.19. The van der Waals surface area contributed by atoms with Crippen molar-refractivity contribution in [2.75, 3.05) is 11.4 Å². The summed E-state index contributed by atoms with van der Waals surface area (Å²) in [6.07, 6.45) is 3.89. The van der Waals surface area contributed by atoms with Crippen LogP contribution in [0.3, 0.4) is 0 Å². The van der Waals surface area contributed by atoms with E-state index in [9.17, 15) is 9.18 Å². The van der Waals surface area contributed by atoms with E-state index in [-0.39, 0.29) is 11.9 Å². The summed E-state index contributed by atoms with van der Waals surface area (Å²) < 4.78 is 19.4. The minimum absolute atomic E-state index is 0.316. The third-order valence-electron chi connectivity index (χ3n) is 5.62. The van der Waals surface area contributed by atoms with Crippen LogP contribution in [0, 0.1) is 17.7 Å². The second-order valence-electron chi connectivity index (χ2n) is 7.62. The van der Waals surface area contributed by atoms with Crippen LogP contribution in [0.2, 0.25) is 0 Å². The van der Waals surface area contributed by atoms with Crippen molar-refractivity contribution < 1.29 is 13.9 Å². The SMILES string of the molecule is O=C1O[C@@]2(CCCc3ncc(C#Cc4cccc(F)c4)cc32)CN1c1ccccc1. The molecule has 0 unspecified atom stereocenters. The van der Waals surface area contributed by atoms with E-state index in [1.807, 2.05) is 36.4 Å². The van der Waals surface area contributed by atoms with E-state index in [0.29, 0.717) is 17.7 Å². The zero-order valence-corrected chi connectivity index (χ0v) is 16.3. The van der Waals surface area contributed by atoms with Crippen LogP contribution in [0.25, 0.3) is 0 Å². The van der Waals surface area contributed by atoms with E-state index >= 15 is 0 Å². The summed E-state index contributed by atoms with van der Waals surface area (Å²) >= 11 is 0. The van der Waals surface area contributed by atoms with Gasteiger partial charge in [-0.3, -0.25) is 9.88 Å². The van der Waals surface area contributed by atoms with E-state index in [4.69, 9.17) is 4.74 Å². The topological polar surface area (TPSA) is 42.4 Å². The summed E-state index contributed by atoms with van der Waals surface area (Å²) in [5.74, 6) is 5.73. The fourth-order valence-corrected chi connectivity index (χ4v) is 4.19. The number of para-hydroxylation sites is 1. The highest BCUT2D eigenvalue weighted by Gasteiger charge is 2.49. The lowest BCUT2D eigenvalue weighted by Gasteiger charge is -2.32. The monoisotopic (exact) mass is 398 g/mol. The standard InChI is InChI=1S/C25H19FN2O2/c26-20-7-4-6-18(14-20)11-12-19-15-22-23(27-16-19)10-5-13-25(22)17-28(24(29)30-25)21-8-2-1-3-9-21/h1-4,6-9,14-16H,5,10,13,17H2/t25-/m0/s1. The van der Waals surface area contributed by atoms with Crippen molar-refractivity contribution in [1.29, 1.82) is 0 Å². The van der Waals surface area contributed by atoms with Crippen molar-refractivity contribution in [3.63, 3.8) is 0 Å². The van der Waals surface area contributed by atoms with Gasteiger partial charge in [-0.05, 0) is 55.7 Å². The van der Waals surface area contributed by atoms with Gasteiger partial charge in [0.2, 0.25) is 0 Å². The molecule has 1 saturated heterocycles. The average Bonchev–Trinajstić information content (AvgIpc) is 3.10. The highest BCUT2D eigenvalue weighted by atomic mass is 19.1. The number of aromatic nitrogens is 1. The van der Waals surface area contributed by atoms with Crippen LogP contribution in [-0.4, -0.2) is 17.6 Å². The van der Waals surface area contributed by atoms with Crippen molar-refractivity contribution in [2.24, 2.45) is 0 Å². The van der Waals surface area contributed by atoms with Crippen molar-refractivity contribution in [1.82, 2.24) is 4.98 Å². The lowest BCUT2D eigenvalue weighted by atomic mass is 9.81. The van der Waals surface area contributed by atoms with Gasteiger partial charge in [0.05, 0.1) is 6.54 Å². The number of rotatable bonds is 1. The maximum absolute atomic E-state index is 13.4. The predicted molar refractivity (Wildman–Crippen MR) is 112 cm³/mol. The Bertz CT molecular complexity index is 1180. The Hall–Kier alpha value is -3.65. The van der Waals surface area contributed by atoms with Crippen molar-refractivity contribution >= 4 is 11.8 Å². The number of fused-ring (bicyclic) bond motifs is 2. The Morgan fingerprint density at radius 2 is 1.87 bits per heavy atom. The van der Waals surface area contributed by atoms with Gasteiger partial charge in [0, 0.05) is 34.3 Å². The molecule has 1 aliphatic heterocycles. The Kier molecular flexibility index (Phi) is 4.48. The molecule has 4 nitrogen and oxygen atoms in total. The number of hydrogen-bond acceptors (Lipinski definition) is 3. The molecule has 5 rings (SSSR count). The second kappa shape index (κ2) is 7.31. The fraction of sp³-hybridized carbons (Fsp3) is 0.200. The largest absolute Gasteiger partial charge is 0.436 e. The van der Waals surface area contributed by atoms with Crippen LogP contribution in [0.1, 0.15) is 35.2 Å². The molecule has 2 heterocycles. The molecule has 1 spiro atoms. The molecule has 148 valence electrons. The first-order valence-corrected chi connectivity index (χ1v) is 9.96. The molecule has 1 aromatic heterocycles. The van der Waals surface area contributed by atoms with Crippen molar-refractivity contribution in [2.45, 2.75) is 24.9 Å². The number of aryl methyl sites for hydroxylation is 1. The molecule has 0 saturated carbocycles. The van der Waals surface area contributed by atoms with Crippen LogP contribution >= 0.6 is 0 Å². The third-order valence-corrected chi connectivity index (χ3v) is 5.62. The molecule has 1 aliphatic carbocycles. The first-order chi connectivity index (χ1) is 14.6. The number of carbonyl (C=O) groups is 1. The molecule has 0 radical (unpaired) electrons. The lowest BCUT2D eigenvalue weighted by Crippen LogP contribution is -2.36. The Balaban J connectivity index is 1.50. The summed E-state index contributed by atoms with van der Waals surface area (Å²) in [6.45, 7) is 0.450. The molecule has 5 heteroatoms. The molecule has 1 amide bonds. The number of amides is 1. The maximum Gasteiger partial charge on any atom is 0.415 e. The molecule has 1 fully saturated rings. The molecule has 1 atom stereocenters. The van der Waals surface area contributed by atoms with Crippen LogP contribution in [0.15, 0.2) is 66.9 Å². The van der Waals surface area contributed by atoms with Gasteiger partial charge >= 0.3 is 6.09 Å². The molecule has 2 aromatic carbocycles. The number of benzene rings is 2. The van der Waals surface area contributed by atoms with E-state index < -0.39 is 5.60 Å². The van der Waals surface area contributed by atoms with Crippen molar-refractivity contribution in [3.8, 4) is 11.8 Å². The first-order valence-electron chi connectivity index (χ1n) is 9.96. The Labute approximate surface area is 174 Å². The van der Waals surface area contributed by atoms with Gasteiger partial charge in [-0.1, -0.05) is 36.1 Å². The predicted octanol–water partition coefficient (Wildman–Crippen LogP) is 4.81. The summed E-state index contributed by atoms with van der Waals surface area (Å²) in [7, 11) is 0. The number of anilines is 1. The average molecular weight is 398 g/mol. The van der Waals surface area contributed by atoms with Gasteiger partial charge < -0.3 is 4.74 Å². The summed E-state index contributed by atoms with van der Waals surface area (Å²) in [4.78, 5) is 19.0. The quantitative estimate of drug-likeness (QED) is 0.553. The van der Waals surface area contributed by atoms with Gasteiger partial charge in [0.25, 0.3) is 0 Å². The maximum atomic E-state index is 13.4. The van der Waals surface area contributed by atoms with E-state index in [2.05, 4.69) is 16.8 Å². The Morgan fingerprint density at radius 3 is 2.70 bits per heavy atom. The van der Waals surface area contributed by atoms with Gasteiger partial charge in [-0.15, -0.1) is 0 Å². The molecular formula is C25H19FN2O2. The summed E-state index contributed by atoms with van der Waals surface area (Å²) in [5.41, 5.74) is 3.29. The molecule has 2 aliphatic rings. The highest BCUT2D eigenvalue weighted by Crippen LogP contribution is 2.43. The van der Waals surface area contributed by atoms with Gasteiger partial charge in [-0.2, -0.15) is 0 Å². The van der Waals surface area contributed by atoms with Crippen LogP contribution < -0.4 is 4.90 Å². The van der Waals surface area contributed by atoms with E-state index in [0.717, 1.165) is 36.2 Å². The smallest absolute Gasteiger partial charge is 0.415 e. The van der Waals surface area contributed by atoms with E-state index in [1.54, 1.807) is 23.2 Å². The number of halogens is 1. The number of hydrogen-bond donors (Lipinski definition) is 0.